The van der Waals surface area contributed by atoms with E-state index in [9.17, 15) is 9.59 Å². The lowest BCUT2D eigenvalue weighted by atomic mass is 10.1. The molecule has 0 atom stereocenters. The van der Waals surface area contributed by atoms with Gasteiger partial charge >= 0.3 is 0 Å². The smallest absolute Gasteiger partial charge is 0.294 e. The molecular weight excluding hydrogens is 410 g/mol. The van der Waals surface area contributed by atoms with Crippen LogP contribution in [-0.2, 0) is 11.2 Å². The van der Waals surface area contributed by atoms with Crippen LogP contribution in [0.25, 0.3) is 0 Å². The molecule has 0 spiro atoms. The van der Waals surface area contributed by atoms with Crippen LogP contribution in [0.4, 0.5) is 5.69 Å². The van der Waals surface area contributed by atoms with E-state index in [0.29, 0.717) is 17.1 Å². The molecule has 0 bridgehead atoms. The highest BCUT2D eigenvalue weighted by atomic mass is 35.5. The molecule has 1 heterocycles. The van der Waals surface area contributed by atoms with E-state index >= 15 is 0 Å². The van der Waals surface area contributed by atoms with Crippen molar-refractivity contribution in [3.8, 4) is 0 Å². The van der Waals surface area contributed by atoms with Gasteiger partial charge < -0.3 is 11.2 Å². The first-order chi connectivity index (χ1) is 13.8. The molecule has 150 valence electrons. The lowest BCUT2D eigenvalue weighted by Gasteiger charge is -2.09. The number of hydrogen-bond acceptors (Lipinski definition) is 6. The fraction of sp³-hybridized carbons (Fsp3) is 0.200. The molecule has 0 aliphatic heterocycles. The number of nitrogens with one attached hydrogen (secondary N) is 1. The highest BCUT2D eigenvalue weighted by Crippen LogP contribution is 2.20. The first kappa shape index (κ1) is 20.9. The predicted molar refractivity (Wildman–Crippen MR) is 116 cm³/mol. The molecule has 7 nitrogen and oxygen atoms in total. The average Bonchev–Trinajstić information content (AvgIpc) is 2.69. The predicted octanol–water partition coefficient (Wildman–Crippen LogP) is 2.94. The normalized spacial score (nSPS) is 10.7. The summed E-state index contributed by atoms with van der Waals surface area (Å²) in [5.74, 6) is 5.62. The fourth-order valence-electron chi connectivity index (χ4n) is 2.53. The molecule has 2 aromatic carbocycles. The molecule has 0 aliphatic rings. The Balaban J connectivity index is 1.64. The number of nitrogens with zero attached hydrogens (tertiary/aromatic N) is 3. The number of amides is 1. The van der Waals surface area contributed by atoms with Crippen molar-refractivity contribution in [2.75, 3.05) is 16.9 Å². The number of aromatic nitrogens is 3. The molecule has 0 fully saturated rings. The van der Waals surface area contributed by atoms with Gasteiger partial charge in [0.25, 0.3) is 5.56 Å². The van der Waals surface area contributed by atoms with Crippen LogP contribution in [0.15, 0.2) is 52.4 Å². The van der Waals surface area contributed by atoms with Gasteiger partial charge in [-0.2, -0.15) is 4.68 Å². The Hall–Kier alpha value is -2.84. The summed E-state index contributed by atoms with van der Waals surface area (Å²) in [4.78, 5) is 24.6. The second-order valence-electron chi connectivity index (χ2n) is 6.57. The largest absolute Gasteiger partial charge is 0.334 e. The molecule has 1 amide bonds. The van der Waals surface area contributed by atoms with Gasteiger partial charge in [-0.05, 0) is 37.1 Å². The fourth-order valence-corrected chi connectivity index (χ4v) is 3.36. The van der Waals surface area contributed by atoms with Crippen LogP contribution in [0.1, 0.15) is 22.4 Å². The Labute approximate surface area is 177 Å². The van der Waals surface area contributed by atoms with Crippen LogP contribution >= 0.6 is 23.4 Å². The molecule has 0 unspecified atom stereocenters. The Bertz CT molecular complexity index is 1100. The maximum atomic E-state index is 12.5. The Morgan fingerprint density at radius 2 is 1.90 bits per heavy atom. The van der Waals surface area contributed by atoms with Crippen LogP contribution < -0.4 is 16.7 Å². The van der Waals surface area contributed by atoms with Gasteiger partial charge in [-0.25, -0.2) is 0 Å². The summed E-state index contributed by atoms with van der Waals surface area (Å²) < 4.78 is 0.928. The van der Waals surface area contributed by atoms with E-state index in [4.69, 9.17) is 17.4 Å². The second-order valence-corrected chi connectivity index (χ2v) is 7.92. The molecule has 3 N–H and O–H groups in total. The molecule has 0 radical (unpaired) electrons. The molecule has 0 saturated carbocycles. The molecular formula is C20H20ClN5O2S. The van der Waals surface area contributed by atoms with Gasteiger partial charge in [-0.15, -0.1) is 10.2 Å². The first-order valence-electron chi connectivity index (χ1n) is 8.81. The third-order valence-electron chi connectivity index (χ3n) is 4.21. The number of hydrogen-bond donors (Lipinski definition) is 2. The summed E-state index contributed by atoms with van der Waals surface area (Å²) >= 11 is 7.09. The number of rotatable bonds is 6. The van der Waals surface area contributed by atoms with E-state index in [1.807, 2.05) is 44.2 Å². The summed E-state index contributed by atoms with van der Waals surface area (Å²) in [7, 11) is 0. The Morgan fingerprint density at radius 3 is 2.59 bits per heavy atom. The van der Waals surface area contributed by atoms with Gasteiger partial charge in [-0.1, -0.05) is 59.3 Å². The first-order valence-corrected chi connectivity index (χ1v) is 10.2. The Kier molecular flexibility index (Phi) is 6.56. The molecule has 9 heteroatoms. The second kappa shape index (κ2) is 9.11. The number of carbonyl (C=O) groups is 1. The van der Waals surface area contributed by atoms with E-state index < -0.39 is 5.56 Å². The van der Waals surface area contributed by atoms with Crippen molar-refractivity contribution in [3.63, 3.8) is 0 Å². The summed E-state index contributed by atoms with van der Waals surface area (Å²) in [6.07, 6.45) is 0.336. The monoisotopic (exact) mass is 429 g/mol. The molecule has 3 aromatic rings. The van der Waals surface area contributed by atoms with Gasteiger partial charge in [0.2, 0.25) is 11.1 Å². The number of nitrogen functional groups attached to an aromatic ring is 1. The molecule has 3 rings (SSSR count). The van der Waals surface area contributed by atoms with Crippen LogP contribution in [0.3, 0.4) is 0 Å². The van der Waals surface area contributed by atoms with Crippen LogP contribution in [-0.4, -0.2) is 26.5 Å². The zero-order valence-corrected chi connectivity index (χ0v) is 17.5. The highest BCUT2D eigenvalue weighted by molar-refractivity contribution is 7.99. The number of carbonyl (C=O) groups excluding carboxylic acids is 1. The van der Waals surface area contributed by atoms with Gasteiger partial charge in [0.15, 0.2) is 0 Å². The quantitative estimate of drug-likeness (QED) is 0.461. The summed E-state index contributed by atoms with van der Waals surface area (Å²) in [6.45, 7) is 3.87. The zero-order chi connectivity index (χ0) is 21.0. The summed E-state index contributed by atoms with van der Waals surface area (Å²) in [5.41, 5.74) is 3.41. The third-order valence-corrected chi connectivity index (χ3v) is 5.56. The third kappa shape index (κ3) is 5.36. The van der Waals surface area contributed by atoms with Gasteiger partial charge in [0, 0.05) is 17.1 Å². The molecule has 1 aromatic heterocycles. The standard InChI is InChI=1S/C20H20ClN5O2S/c1-12-3-6-14(7-4-12)9-17-19(28)26(22)20(25-24-17)29-11-18(27)23-15-8-5-13(2)16(21)10-15/h3-8,10H,9,11,22H2,1-2H3,(H,23,27). The van der Waals surface area contributed by atoms with E-state index in [1.165, 1.54) is 0 Å². The maximum Gasteiger partial charge on any atom is 0.294 e. The minimum absolute atomic E-state index is 0.0219. The summed E-state index contributed by atoms with van der Waals surface area (Å²) in [5, 5.41) is 11.5. The lowest BCUT2D eigenvalue weighted by Crippen LogP contribution is -2.34. The van der Waals surface area contributed by atoms with Crippen molar-refractivity contribution in [1.82, 2.24) is 14.9 Å². The van der Waals surface area contributed by atoms with Gasteiger partial charge in [0.05, 0.1) is 5.75 Å². The number of anilines is 1. The van der Waals surface area contributed by atoms with E-state index in [0.717, 1.165) is 33.1 Å². The number of halogens is 1. The van der Waals surface area contributed by atoms with Crippen LogP contribution in [0.5, 0.6) is 0 Å². The minimum atomic E-state index is -0.436. The molecule has 29 heavy (non-hydrogen) atoms. The van der Waals surface area contributed by atoms with Gasteiger partial charge in [0.1, 0.15) is 5.69 Å². The van der Waals surface area contributed by atoms with Gasteiger partial charge in [-0.3, -0.25) is 9.59 Å². The molecule has 0 saturated heterocycles. The summed E-state index contributed by atoms with van der Waals surface area (Å²) in [6, 6.07) is 13.1. The van der Waals surface area contributed by atoms with Crippen molar-refractivity contribution in [3.05, 3.63) is 80.2 Å². The Morgan fingerprint density at radius 1 is 1.17 bits per heavy atom. The van der Waals surface area contributed by atoms with Crippen LogP contribution in [0.2, 0.25) is 5.02 Å². The van der Waals surface area contributed by atoms with Crippen molar-refractivity contribution in [1.29, 1.82) is 0 Å². The topological polar surface area (TPSA) is 103 Å². The van der Waals surface area contributed by atoms with E-state index in [1.54, 1.807) is 12.1 Å². The number of nitrogens with two attached hydrogens (primary N) is 1. The SMILES string of the molecule is Cc1ccc(Cc2nnc(SCC(=O)Nc3ccc(C)c(Cl)c3)n(N)c2=O)cc1. The highest BCUT2D eigenvalue weighted by Gasteiger charge is 2.13. The van der Waals surface area contributed by atoms with Crippen molar-refractivity contribution in [2.45, 2.75) is 25.4 Å². The number of benzene rings is 2. The number of thioether (sulfide) groups is 1. The maximum absolute atomic E-state index is 12.5. The van der Waals surface area contributed by atoms with Crippen molar-refractivity contribution in [2.24, 2.45) is 0 Å². The minimum Gasteiger partial charge on any atom is -0.334 e. The van der Waals surface area contributed by atoms with Crippen molar-refractivity contribution < 1.29 is 4.79 Å². The number of aryl methyl sites for hydroxylation is 2. The van der Waals surface area contributed by atoms with Crippen LogP contribution in [0, 0.1) is 13.8 Å². The molecule has 0 aliphatic carbocycles. The average molecular weight is 430 g/mol. The lowest BCUT2D eigenvalue weighted by molar-refractivity contribution is -0.113. The van der Waals surface area contributed by atoms with E-state index in [-0.39, 0.29) is 22.5 Å². The van der Waals surface area contributed by atoms with Crippen molar-refractivity contribution >= 4 is 35.0 Å². The zero-order valence-electron chi connectivity index (χ0n) is 16.0. The van der Waals surface area contributed by atoms with E-state index in [2.05, 4.69) is 15.5 Å².